The van der Waals surface area contributed by atoms with Crippen LogP contribution in [0.1, 0.15) is 135 Å². The Kier molecular flexibility index (Phi) is 24.5. The van der Waals surface area contributed by atoms with E-state index < -0.39 is 5.97 Å². The molecule has 8 heteroatoms. The number of aliphatic carboxylic acids is 1. The Labute approximate surface area is 225 Å². The molecule has 212 valence electrons. The van der Waals surface area contributed by atoms with Crippen LogP contribution in [0, 0.1) is 0 Å². The highest BCUT2D eigenvalue weighted by atomic mass is 32.1. The number of unbranched alkanes of at least 4 members (excludes halogenated alkanes) is 15. The summed E-state index contributed by atoms with van der Waals surface area (Å²) in [5.41, 5.74) is -0.324. The van der Waals surface area contributed by atoms with Crippen LogP contribution in [0.15, 0.2) is 0 Å². The minimum Gasteiger partial charge on any atom is -0.481 e. The quantitative estimate of drug-likeness (QED) is 0.0589. The van der Waals surface area contributed by atoms with Crippen molar-refractivity contribution in [3.8, 4) is 0 Å². The van der Waals surface area contributed by atoms with Crippen molar-refractivity contribution in [2.75, 3.05) is 13.7 Å². The second kappa shape index (κ2) is 25.4. The van der Waals surface area contributed by atoms with Crippen LogP contribution in [-0.4, -0.2) is 48.0 Å². The van der Waals surface area contributed by atoms with Crippen molar-refractivity contribution in [1.82, 2.24) is 10.6 Å². The maximum Gasteiger partial charge on any atom is 0.303 e. The molecule has 36 heavy (non-hydrogen) atoms. The van der Waals surface area contributed by atoms with Gasteiger partial charge in [-0.25, -0.2) is 0 Å². The van der Waals surface area contributed by atoms with E-state index >= 15 is 0 Å². The molecule has 0 aromatic heterocycles. The van der Waals surface area contributed by atoms with Gasteiger partial charge < -0.3 is 20.5 Å². The van der Waals surface area contributed by atoms with Gasteiger partial charge in [-0.1, -0.05) is 89.9 Å². The molecule has 0 aromatic carbocycles. The van der Waals surface area contributed by atoms with Crippen molar-refractivity contribution in [3.05, 3.63) is 0 Å². The molecule has 0 radical (unpaired) electrons. The smallest absolute Gasteiger partial charge is 0.303 e. The van der Waals surface area contributed by atoms with Crippen molar-refractivity contribution in [3.63, 3.8) is 0 Å². The summed E-state index contributed by atoms with van der Waals surface area (Å²) in [5, 5.41) is 14.4. The minimum absolute atomic E-state index is 0.0499. The van der Waals surface area contributed by atoms with Crippen molar-refractivity contribution in [2.45, 2.75) is 147 Å². The number of carboxylic acid groups (broad SMARTS) is 1. The average molecular weight is 531 g/mol. The third-order valence-corrected chi connectivity index (χ3v) is 7.16. The first-order valence-corrected chi connectivity index (χ1v) is 14.9. The number of nitrogens with one attached hydrogen (secondary N) is 2. The van der Waals surface area contributed by atoms with Gasteiger partial charge in [0.05, 0.1) is 6.04 Å². The molecule has 3 N–H and O–H groups in total. The van der Waals surface area contributed by atoms with Crippen LogP contribution < -0.4 is 10.6 Å². The van der Waals surface area contributed by atoms with Gasteiger partial charge in [-0.05, 0) is 26.2 Å². The first kappa shape index (κ1) is 34.7. The van der Waals surface area contributed by atoms with Gasteiger partial charge in [-0.15, -0.1) is 12.6 Å². The normalized spacial score (nSPS) is 12.8. The summed E-state index contributed by atoms with van der Waals surface area (Å²) in [7, 11) is 1.56. The lowest BCUT2D eigenvalue weighted by Crippen LogP contribution is -2.39. The lowest BCUT2D eigenvalue weighted by molar-refractivity contribution is -0.137. The zero-order chi connectivity index (χ0) is 26.9. The molecule has 0 fully saturated rings. The standard InChI is InChI=1S/C28H54N2O5S/c1-24(28(36)35-2)30-26(32)21-19-23-29-25(31)20-17-15-13-11-9-7-5-3-4-6-8-10-12-14-16-18-22-27(33)34/h24,28,36H,3-23H2,1-2H3,(H,29,31)(H,30,32)(H,33,34)/t24-,28?/m0/s1. The Hall–Kier alpha value is -1.28. The van der Waals surface area contributed by atoms with Crippen molar-refractivity contribution >= 4 is 30.4 Å². The highest BCUT2D eigenvalue weighted by molar-refractivity contribution is 7.80. The predicted molar refractivity (Wildman–Crippen MR) is 150 cm³/mol. The van der Waals surface area contributed by atoms with Crippen LogP contribution in [0.25, 0.3) is 0 Å². The summed E-state index contributed by atoms with van der Waals surface area (Å²) in [6.07, 6.45) is 21.2. The van der Waals surface area contributed by atoms with E-state index in [2.05, 4.69) is 23.3 Å². The number of thiol groups is 1. The lowest BCUT2D eigenvalue weighted by atomic mass is 10.0. The van der Waals surface area contributed by atoms with E-state index in [0.717, 1.165) is 25.7 Å². The van der Waals surface area contributed by atoms with E-state index in [9.17, 15) is 14.4 Å². The summed E-state index contributed by atoms with van der Waals surface area (Å²) in [6.45, 7) is 2.38. The number of amides is 2. The molecule has 0 aliphatic carbocycles. The number of rotatable bonds is 26. The highest BCUT2D eigenvalue weighted by Crippen LogP contribution is 2.14. The maximum absolute atomic E-state index is 11.9. The molecular weight excluding hydrogens is 476 g/mol. The van der Waals surface area contributed by atoms with Gasteiger partial charge in [0.15, 0.2) is 0 Å². The maximum atomic E-state index is 11.9. The van der Waals surface area contributed by atoms with Gasteiger partial charge in [-0.3, -0.25) is 14.4 Å². The molecule has 0 aliphatic rings. The molecule has 0 aliphatic heterocycles. The first-order chi connectivity index (χ1) is 17.4. The number of ether oxygens (including phenoxy) is 1. The molecule has 0 heterocycles. The Morgan fingerprint density at radius 3 is 1.47 bits per heavy atom. The van der Waals surface area contributed by atoms with Gasteiger partial charge in [0.1, 0.15) is 5.44 Å². The van der Waals surface area contributed by atoms with Crippen molar-refractivity contribution in [1.29, 1.82) is 0 Å². The van der Waals surface area contributed by atoms with Crippen LogP contribution in [0.2, 0.25) is 0 Å². The number of carboxylic acids is 1. The topological polar surface area (TPSA) is 105 Å². The fourth-order valence-electron chi connectivity index (χ4n) is 4.20. The second-order valence-electron chi connectivity index (χ2n) is 9.99. The summed E-state index contributed by atoms with van der Waals surface area (Å²) >= 11 is 4.23. The lowest BCUT2D eigenvalue weighted by Gasteiger charge is -2.19. The molecule has 1 unspecified atom stereocenters. The summed E-state index contributed by atoms with van der Waals surface area (Å²) in [5.74, 6) is -0.647. The van der Waals surface area contributed by atoms with Crippen molar-refractivity contribution in [2.24, 2.45) is 0 Å². The molecule has 2 amide bonds. The Morgan fingerprint density at radius 2 is 1.06 bits per heavy atom. The fourth-order valence-corrected chi connectivity index (χ4v) is 4.28. The van der Waals surface area contributed by atoms with Gasteiger partial charge >= 0.3 is 5.97 Å². The van der Waals surface area contributed by atoms with Gasteiger partial charge in [-0.2, -0.15) is 0 Å². The van der Waals surface area contributed by atoms with Gasteiger partial charge in [0.25, 0.3) is 0 Å². The molecule has 0 saturated carbocycles. The molecule has 2 atom stereocenters. The van der Waals surface area contributed by atoms with E-state index in [-0.39, 0.29) is 23.3 Å². The molecule has 0 saturated heterocycles. The summed E-state index contributed by atoms with van der Waals surface area (Å²) < 4.78 is 5.07. The Morgan fingerprint density at radius 1 is 0.667 bits per heavy atom. The van der Waals surface area contributed by atoms with E-state index in [1.807, 2.05) is 6.92 Å². The molecule has 7 nitrogen and oxygen atoms in total. The number of hydrogen-bond acceptors (Lipinski definition) is 5. The second-order valence-corrected chi connectivity index (χ2v) is 10.5. The number of carbonyl (C=O) groups excluding carboxylic acids is 2. The van der Waals surface area contributed by atoms with E-state index in [4.69, 9.17) is 9.84 Å². The van der Waals surface area contributed by atoms with E-state index in [1.165, 1.54) is 77.0 Å². The first-order valence-electron chi connectivity index (χ1n) is 14.4. The van der Waals surface area contributed by atoms with Crippen LogP contribution in [-0.2, 0) is 19.1 Å². The Bertz CT molecular complexity index is 562. The van der Waals surface area contributed by atoms with Crippen LogP contribution in [0.3, 0.4) is 0 Å². The zero-order valence-corrected chi connectivity index (χ0v) is 23.9. The third-order valence-electron chi connectivity index (χ3n) is 6.51. The third kappa shape index (κ3) is 24.4. The van der Waals surface area contributed by atoms with Gasteiger partial charge in [0.2, 0.25) is 11.8 Å². The molecule has 0 rings (SSSR count). The number of hydrogen-bond donors (Lipinski definition) is 4. The van der Waals surface area contributed by atoms with E-state index in [0.29, 0.717) is 32.2 Å². The largest absolute Gasteiger partial charge is 0.481 e. The highest BCUT2D eigenvalue weighted by Gasteiger charge is 2.14. The van der Waals surface area contributed by atoms with Crippen LogP contribution in [0.4, 0.5) is 0 Å². The Balaban J connectivity index is 3.31. The summed E-state index contributed by atoms with van der Waals surface area (Å²) in [4.78, 5) is 34.2. The predicted octanol–water partition coefficient (Wildman–Crippen LogP) is 6.40. The number of carbonyl (C=O) groups is 3. The van der Waals surface area contributed by atoms with E-state index in [1.54, 1.807) is 7.11 Å². The molecule has 0 bridgehead atoms. The molecule has 0 spiro atoms. The van der Waals surface area contributed by atoms with Crippen LogP contribution >= 0.6 is 12.6 Å². The van der Waals surface area contributed by atoms with Gasteiger partial charge in [0, 0.05) is 32.9 Å². The summed E-state index contributed by atoms with van der Waals surface area (Å²) in [6, 6.07) is -0.156. The minimum atomic E-state index is -0.677. The van der Waals surface area contributed by atoms with Crippen LogP contribution in [0.5, 0.6) is 0 Å². The molecule has 0 aromatic rings. The number of methoxy groups -OCH3 is 1. The molecular formula is C28H54N2O5S. The monoisotopic (exact) mass is 530 g/mol. The van der Waals surface area contributed by atoms with Crippen molar-refractivity contribution < 1.29 is 24.2 Å². The average Bonchev–Trinajstić information content (AvgIpc) is 2.85. The zero-order valence-electron chi connectivity index (χ0n) is 23.0. The SMILES string of the molecule is COC(S)[C@H](C)NC(=O)CCCNC(=O)CCCCCCCCCCCCCCCCCCC(=O)O. The fraction of sp³-hybridized carbons (Fsp3) is 0.893.